The molecule has 0 spiro atoms. The highest BCUT2D eigenvalue weighted by Gasteiger charge is 2.21. The lowest BCUT2D eigenvalue weighted by molar-refractivity contribution is 0.0854. The van der Waals surface area contributed by atoms with Crippen LogP contribution >= 0.6 is 0 Å². The molecule has 1 unspecified atom stereocenters. The van der Waals surface area contributed by atoms with E-state index in [1.807, 2.05) is 60.7 Å². The Hall–Kier alpha value is -3.12. The van der Waals surface area contributed by atoms with Gasteiger partial charge in [-0.1, -0.05) is 60.7 Å². The Balaban J connectivity index is 1.49. The van der Waals surface area contributed by atoms with Gasteiger partial charge in [-0.05, 0) is 24.0 Å². The van der Waals surface area contributed by atoms with Crippen molar-refractivity contribution >= 4 is 5.91 Å². The molecule has 4 rings (SSSR count). The lowest BCUT2D eigenvalue weighted by Crippen LogP contribution is -2.31. The Morgan fingerprint density at radius 3 is 2.52 bits per heavy atom. The molecule has 0 aliphatic carbocycles. The molecule has 1 aliphatic rings. The zero-order chi connectivity index (χ0) is 19.9. The van der Waals surface area contributed by atoms with Crippen LogP contribution in [0.5, 0.6) is 5.88 Å². The monoisotopic (exact) mass is 391 g/mol. The first-order valence-corrected chi connectivity index (χ1v) is 9.96. The van der Waals surface area contributed by atoms with Gasteiger partial charge in [-0.15, -0.1) is 5.10 Å². The smallest absolute Gasteiger partial charge is 0.258 e. The van der Waals surface area contributed by atoms with Crippen molar-refractivity contribution in [2.45, 2.75) is 32.1 Å². The van der Waals surface area contributed by atoms with Crippen molar-refractivity contribution < 1.29 is 14.3 Å². The van der Waals surface area contributed by atoms with Gasteiger partial charge >= 0.3 is 0 Å². The van der Waals surface area contributed by atoms with Crippen molar-refractivity contribution in [2.24, 2.45) is 0 Å². The summed E-state index contributed by atoms with van der Waals surface area (Å²) in [7, 11) is 0. The van der Waals surface area contributed by atoms with Crippen molar-refractivity contribution in [2.75, 3.05) is 13.2 Å². The highest BCUT2D eigenvalue weighted by atomic mass is 16.5. The molecular weight excluding hydrogens is 366 g/mol. The molecule has 1 atom stereocenters. The SMILES string of the molecule is O=C(NCC1CCCO1)c1cn(Cc2ccccc2)nc1OCc1ccccc1. The maximum Gasteiger partial charge on any atom is 0.258 e. The van der Waals surface area contributed by atoms with E-state index in [2.05, 4.69) is 10.4 Å². The van der Waals surface area contributed by atoms with E-state index in [9.17, 15) is 4.79 Å². The first kappa shape index (κ1) is 19.2. The number of carbonyl (C=O) groups is 1. The second kappa shape index (κ2) is 9.39. The molecule has 1 aromatic heterocycles. The maximum atomic E-state index is 12.8. The topological polar surface area (TPSA) is 65.4 Å². The molecule has 29 heavy (non-hydrogen) atoms. The number of rotatable bonds is 8. The summed E-state index contributed by atoms with van der Waals surface area (Å²) in [5.74, 6) is 0.150. The molecule has 2 heterocycles. The van der Waals surface area contributed by atoms with Crippen LogP contribution in [-0.4, -0.2) is 34.9 Å². The summed E-state index contributed by atoms with van der Waals surface area (Å²) < 4.78 is 13.2. The summed E-state index contributed by atoms with van der Waals surface area (Å²) in [5, 5.41) is 7.48. The van der Waals surface area contributed by atoms with Crippen LogP contribution in [0, 0.1) is 0 Å². The van der Waals surface area contributed by atoms with Crippen molar-refractivity contribution in [3.05, 3.63) is 83.6 Å². The summed E-state index contributed by atoms with van der Waals surface area (Å²) in [6, 6.07) is 19.9. The normalized spacial score (nSPS) is 15.9. The van der Waals surface area contributed by atoms with Crippen molar-refractivity contribution in [1.82, 2.24) is 15.1 Å². The fourth-order valence-electron chi connectivity index (χ4n) is 3.35. The standard InChI is InChI=1S/C23H25N3O3/c27-22(24-14-20-12-7-13-28-20)21-16-26(15-18-8-3-1-4-9-18)25-23(21)29-17-19-10-5-2-6-11-19/h1-6,8-11,16,20H,7,12-15,17H2,(H,24,27). The van der Waals surface area contributed by atoms with Crippen LogP contribution in [-0.2, 0) is 17.9 Å². The number of benzene rings is 2. The zero-order valence-electron chi connectivity index (χ0n) is 16.3. The summed E-state index contributed by atoms with van der Waals surface area (Å²) in [6.45, 7) is 2.19. The van der Waals surface area contributed by atoms with Crippen LogP contribution in [0.2, 0.25) is 0 Å². The number of nitrogens with zero attached hydrogens (tertiary/aromatic N) is 2. The Labute approximate surface area is 170 Å². The van der Waals surface area contributed by atoms with Crippen LogP contribution in [0.1, 0.15) is 34.3 Å². The highest BCUT2D eigenvalue weighted by Crippen LogP contribution is 2.19. The molecule has 0 radical (unpaired) electrons. The largest absolute Gasteiger partial charge is 0.471 e. The van der Waals surface area contributed by atoms with Gasteiger partial charge in [0.2, 0.25) is 5.88 Å². The van der Waals surface area contributed by atoms with E-state index in [4.69, 9.17) is 9.47 Å². The highest BCUT2D eigenvalue weighted by molar-refractivity contribution is 5.96. The molecule has 1 aliphatic heterocycles. The molecule has 150 valence electrons. The quantitative estimate of drug-likeness (QED) is 0.639. The van der Waals surface area contributed by atoms with Gasteiger partial charge in [0.05, 0.1) is 12.6 Å². The van der Waals surface area contributed by atoms with Crippen molar-refractivity contribution in [3.8, 4) is 5.88 Å². The Morgan fingerprint density at radius 2 is 1.83 bits per heavy atom. The lowest BCUT2D eigenvalue weighted by Gasteiger charge is -2.11. The molecular formula is C23H25N3O3. The number of hydrogen-bond acceptors (Lipinski definition) is 4. The maximum absolute atomic E-state index is 12.8. The number of ether oxygens (including phenoxy) is 2. The predicted molar refractivity (Wildman–Crippen MR) is 110 cm³/mol. The third-order valence-corrected chi connectivity index (χ3v) is 4.89. The van der Waals surface area contributed by atoms with Crippen LogP contribution in [0.4, 0.5) is 0 Å². The fraction of sp³-hybridized carbons (Fsp3) is 0.304. The van der Waals surface area contributed by atoms with E-state index in [1.165, 1.54) is 0 Å². The molecule has 2 aromatic carbocycles. The van der Waals surface area contributed by atoms with Crippen LogP contribution < -0.4 is 10.1 Å². The molecule has 6 heteroatoms. The van der Waals surface area contributed by atoms with Gasteiger partial charge < -0.3 is 14.8 Å². The number of carbonyl (C=O) groups excluding carboxylic acids is 1. The van der Waals surface area contributed by atoms with Crippen LogP contribution in [0.15, 0.2) is 66.9 Å². The zero-order valence-corrected chi connectivity index (χ0v) is 16.3. The van der Waals surface area contributed by atoms with Crippen molar-refractivity contribution in [3.63, 3.8) is 0 Å². The summed E-state index contributed by atoms with van der Waals surface area (Å²) >= 11 is 0. The second-order valence-electron chi connectivity index (χ2n) is 7.15. The lowest BCUT2D eigenvalue weighted by atomic mass is 10.2. The van der Waals surface area contributed by atoms with Gasteiger partial charge in [0.25, 0.3) is 5.91 Å². The van der Waals surface area contributed by atoms with E-state index in [0.29, 0.717) is 31.1 Å². The Kier molecular flexibility index (Phi) is 6.22. The molecule has 1 fully saturated rings. The number of amides is 1. The first-order valence-electron chi connectivity index (χ1n) is 9.96. The first-order chi connectivity index (χ1) is 14.3. The van der Waals surface area contributed by atoms with E-state index in [-0.39, 0.29) is 12.0 Å². The third-order valence-electron chi connectivity index (χ3n) is 4.89. The minimum absolute atomic E-state index is 0.0898. The summed E-state index contributed by atoms with van der Waals surface area (Å²) in [5.41, 5.74) is 2.57. The number of nitrogens with one attached hydrogen (secondary N) is 1. The number of aromatic nitrogens is 2. The van der Waals surface area contributed by atoms with Gasteiger partial charge in [0, 0.05) is 19.3 Å². The second-order valence-corrected chi connectivity index (χ2v) is 7.15. The molecule has 0 bridgehead atoms. The molecule has 3 aromatic rings. The minimum Gasteiger partial charge on any atom is -0.471 e. The average Bonchev–Trinajstić information content (AvgIpc) is 3.42. The van der Waals surface area contributed by atoms with E-state index >= 15 is 0 Å². The fourth-order valence-corrected chi connectivity index (χ4v) is 3.35. The Morgan fingerprint density at radius 1 is 1.10 bits per heavy atom. The van der Waals surface area contributed by atoms with Gasteiger partial charge in [-0.3, -0.25) is 9.48 Å². The third kappa shape index (κ3) is 5.23. The molecule has 0 saturated carbocycles. The molecule has 6 nitrogen and oxygen atoms in total. The van der Waals surface area contributed by atoms with Gasteiger partial charge in [-0.2, -0.15) is 0 Å². The van der Waals surface area contributed by atoms with Gasteiger partial charge in [-0.25, -0.2) is 0 Å². The van der Waals surface area contributed by atoms with E-state index in [1.54, 1.807) is 10.9 Å². The number of hydrogen-bond donors (Lipinski definition) is 1. The average molecular weight is 391 g/mol. The summed E-state index contributed by atoms with van der Waals surface area (Å²) in [4.78, 5) is 12.8. The molecule has 1 amide bonds. The minimum atomic E-state index is -0.192. The van der Waals surface area contributed by atoms with E-state index in [0.717, 1.165) is 30.6 Å². The molecule has 1 N–H and O–H groups in total. The van der Waals surface area contributed by atoms with Crippen LogP contribution in [0.25, 0.3) is 0 Å². The van der Waals surface area contributed by atoms with Crippen molar-refractivity contribution in [1.29, 1.82) is 0 Å². The van der Waals surface area contributed by atoms with E-state index < -0.39 is 0 Å². The van der Waals surface area contributed by atoms with Crippen LogP contribution in [0.3, 0.4) is 0 Å². The van der Waals surface area contributed by atoms with Gasteiger partial charge in [0.1, 0.15) is 12.2 Å². The Bertz CT molecular complexity index is 919. The molecule has 1 saturated heterocycles. The predicted octanol–water partition coefficient (Wildman–Crippen LogP) is 3.42. The van der Waals surface area contributed by atoms with Gasteiger partial charge in [0.15, 0.2) is 0 Å². The summed E-state index contributed by atoms with van der Waals surface area (Å²) in [6.07, 6.45) is 3.86.